The molecule has 0 saturated heterocycles. The van der Waals surface area contributed by atoms with Gasteiger partial charge in [0.25, 0.3) is 0 Å². The Morgan fingerprint density at radius 1 is 1.38 bits per heavy atom. The Kier molecular flexibility index (Phi) is 4.36. The monoisotopic (exact) mass is 312 g/mol. The van der Waals surface area contributed by atoms with Gasteiger partial charge in [-0.1, -0.05) is 13.8 Å². The Morgan fingerprint density at radius 2 is 2.05 bits per heavy atom. The van der Waals surface area contributed by atoms with E-state index in [2.05, 4.69) is 10.0 Å². The maximum Gasteiger partial charge on any atom is 0.240 e. The third kappa shape index (κ3) is 3.25. The quantitative estimate of drug-likeness (QED) is 0.757. The molecule has 0 fully saturated rings. The number of rotatable bonds is 5. The fourth-order valence-corrected chi connectivity index (χ4v) is 3.16. The Hall–Kier alpha value is -1.44. The van der Waals surface area contributed by atoms with Gasteiger partial charge in [-0.05, 0) is 36.6 Å². The molecule has 2 rings (SSSR count). The number of carbonyl (C=O) groups excluding carboxylic acids is 1. The fraction of sp³-hybridized carbons (Fsp3) is 0.500. The third-order valence-electron chi connectivity index (χ3n) is 3.70. The first-order valence-corrected chi connectivity index (χ1v) is 8.33. The minimum atomic E-state index is -3.70. The molecule has 0 saturated carbocycles. The minimum Gasteiger partial charge on any atom is -0.391 e. The van der Waals surface area contributed by atoms with Crippen molar-refractivity contribution in [3.8, 4) is 0 Å². The number of benzene rings is 1. The van der Waals surface area contributed by atoms with Crippen LogP contribution in [0.2, 0.25) is 0 Å². The summed E-state index contributed by atoms with van der Waals surface area (Å²) in [7, 11) is -3.70. The maximum absolute atomic E-state index is 12.2. The van der Waals surface area contributed by atoms with E-state index in [-0.39, 0.29) is 29.2 Å². The molecule has 1 aromatic carbocycles. The number of nitrogens with one attached hydrogen (secondary N) is 2. The van der Waals surface area contributed by atoms with E-state index >= 15 is 0 Å². The van der Waals surface area contributed by atoms with Crippen molar-refractivity contribution in [2.45, 2.75) is 37.7 Å². The molecule has 1 amide bonds. The van der Waals surface area contributed by atoms with Gasteiger partial charge in [-0.25, -0.2) is 13.1 Å². The van der Waals surface area contributed by atoms with Crippen molar-refractivity contribution in [3.05, 3.63) is 23.8 Å². The smallest absolute Gasteiger partial charge is 0.240 e. The Morgan fingerprint density at radius 3 is 2.67 bits per heavy atom. The molecule has 3 N–H and O–H groups in total. The van der Waals surface area contributed by atoms with Gasteiger partial charge in [0, 0.05) is 12.2 Å². The molecule has 0 aromatic heterocycles. The first kappa shape index (κ1) is 15.9. The van der Waals surface area contributed by atoms with E-state index in [0.29, 0.717) is 11.3 Å². The van der Waals surface area contributed by atoms with Gasteiger partial charge >= 0.3 is 0 Å². The van der Waals surface area contributed by atoms with Crippen LogP contribution in [-0.2, 0) is 14.8 Å². The molecular weight excluding hydrogens is 292 g/mol. The summed E-state index contributed by atoms with van der Waals surface area (Å²) in [4.78, 5) is 11.7. The number of fused-ring (bicyclic) bond motifs is 1. The highest BCUT2D eigenvalue weighted by molar-refractivity contribution is 7.89. The highest BCUT2D eigenvalue weighted by atomic mass is 32.2. The second-order valence-corrected chi connectivity index (χ2v) is 7.39. The average Bonchev–Trinajstić information content (AvgIpc) is 2.71. The van der Waals surface area contributed by atoms with E-state index < -0.39 is 16.1 Å². The molecule has 6 nitrogen and oxygen atoms in total. The van der Waals surface area contributed by atoms with Crippen LogP contribution in [0, 0.1) is 5.92 Å². The first-order valence-electron chi connectivity index (χ1n) is 6.85. The normalized spacial score (nSPS) is 19.5. The summed E-state index contributed by atoms with van der Waals surface area (Å²) >= 11 is 0. The number of hydrogen-bond donors (Lipinski definition) is 3. The van der Waals surface area contributed by atoms with Crippen molar-refractivity contribution < 1.29 is 18.3 Å². The number of carbonyl (C=O) groups is 1. The molecule has 1 aliphatic rings. The molecule has 1 aromatic rings. The number of aliphatic hydroxyl groups excluding tert-OH is 1. The van der Waals surface area contributed by atoms with E-state index in [1.54, 1.807) is 13.0 Å². The maximum atomic E-state index is 12.2. The molecule has 2 unspecified atom stereocenters. The Balaban J connectivity index is 2.21. The van der Waals surface area contributed by atoms with E-state index in [1.807, 2.05) is 13.8 Å². The van der Waals surface area contributed by atoms with Crippen molar-refractivity contribution in [1.82, 2.24) is 4.72 Å². The summed E-state index contributed by atoms with van der Waals surface area (Å²) in [6.07, 6.45) is -0.739. The lowest BCUT2D eigenvalue weighted by Crippen LogP contribution is -2.34. The minimum absolute atomic E-state index is 0.0328. The van der Waals surface area contributed by atoms with Crippen molar-refractivity contribution in [3.63, 3.8) is 0 Å². The van der Waals surface area contributed by atoms with Gasteiger partial charge in [0.2, 0.25) is 15.9 Å². The van der Waals surface area contributed by atoms with Crippen LogP contribution in [0.15, 0.2) is 23.1 Å². The van der Waals surface area contributed by atoms with Gasteiger partial charge in [0.1, 0.15) is 0 Å². The number of aliphatic hydroxyl groups is 1. The zero-order chi connectivity index (χ0) is 15.8. The van der Waals surface area contributed by atoms with Crippen molar-refractivity contribution in [2.75, 3.05) is 11.9 Å². The summed E-state index contributed by atoms with van der Waals surface area (Å²) in [5, 5.41) is 12.4. The van der Waals surface area contributed by atoms with Gasteiger partial charge in [-0.15, -0.1) is 0 Å². The van der Waals surface area contributed by atoms with Gasteiger partial charge in [0.05, 0.1) is 16.9 Å². The van der Waals surface area contributed by atoms with Crippen LogP contribution in [0.3, 0.4) is 0 Å². The molecule has 0 aliphatic carbocycles. The topological polar surface area (TPSA) is 95.5 Å². The lowest BCUT2D eigenvalue weighted by atomic mass is 10.0. The lowest BCUT2D eigenvalue weighted by molar-refractivity contribution is -0.116. The molecule has 21 heavy (non-hydrogen) atoms. The van der Waals surface area contributed by atoms with Crippen LogP contribution in [0.25, 0.3) is 0 Å². The molecule has 0 radical (unpaired) electrons. The summed E-state index contributed by atoms with van der Waals surface area (Å²) in [5.74, 6) is -0.534. The molecule has 116 valence electrons. The first-order chi connectivity index (χ1) is 9.72. The van der Waals surface area contributed by atoms with Gasteiger partial charge in [-0.3, -0.25) is 4.79 Å². The van der Waals surface area contributed by atoms with E-state index in [0.717, 1.165) is 0 Å². The van der Waals surface area contributed by atoms with Crippen LogP contribution in [0.4, 0.5) is 5.69 Å². The lowest BCUT2D eigenvalue weighted by Gasteiger charge is -2.15. The SMILES string of the molecule is CC1C(=O)Nc2ccc(S(=O)(=O)NCC(O)C(C)C)cc21. The van der Waals surface area contributed by atoms with Crippen molar-refractivity contribution in [2.24, 2.45) is 5.92 Å². The molecule has 1 heterocycles. The summed E-state index contributed by atoms with van der Waals surface area (Å²) in [6, 6.07) is 4.54. The molecule has 2 atom stereocenters. The van der Waals surface area contributed by atoms with Crippen LogP contribution >= 0.6 is 0 Å². The number of anilines is 1. The Labute approximate surface area is 124 Å². The summed E-state index contributed by atoms with van der Waals surface area (Å²) in [6.45, 7) is 5.32. The van der Waals surface area contributed by atoms with Crippen molar-refractivity contribution in [1.29, 1.82) is 0 Å². The predicted molar refractivity (Wildman–Crippen MR) is 79.5 cm³/mol. The van der Waals surface area contributed by atoms with Crippen LogP contribution in [0.5, 0.6) is 0 Å². The fourth-order valence-electron chi connectivity index (χ4n) is 2.08. The van der Waals surface area contributed by atoms with Crippen LogP contribution < -0.4 is 10.0 Å². The standard InChI is InChI=1S/C14H20N2O4S/c1-8(2)13(17)7-15-21(19,20)10-4-5-12-11(6-10)9(3)14(18)16-12/h4-6,8-9,13,15,17H,7H2,1-3H3,(H,16,18). The number of hydrogen-bond acceptors (Lipinski definition) is 4. The second-order valence-electron chi connectivity index (χ2n) is 5.62. The number of amides is 1. The molecule has 1 aliphatic heterocycles. The van der Waals surface area contributed by atoms with E-state index in [9.17, 15) is 18.3 Å². The Bertz CT molecular complexity index is 655. The van der Waals surface area contributed by atoms with E-state index in [4.69, 9.17) is 0 Å². The number of sulfonamides is 1. The van der Waals surface area contributed by atoms with E-state index in [1.165, 1.54) is 12.1 Å². The summed E-state index contributed by atoms with van der Waals surface area (Å²) in [5.41, 5.74) is 1.32. The van der Waals surface area contributed by atoms with Crippen LogP contribution in [0.1, 0.15) is 32.3 Å². The molecule has 0 spiro atoms. The second kappa shape index (κ2) is 5.75. The van der Waals surface area contributed by atoms with Gasteiger partial charge in [-0.2, -0.15) is 0 Å². The molecular formula is C14H20N2O4S. The summed E-state index contributed by atoms with van der Waals surface area (Å²) < 4.78 is 26.8. The molecule has 7 heteroatoms. The third-order valence-corrected chi connectivity index (χ3v) is 5.12. The van der Waals surface area contributed by atoms with Crippen LogP contribution in [-0.4, -0.2) is 32.1 Å². The molecule has 0 bridgehead atoms. The van der Waals surface area contributed by atoms with Gasteiger partial charge < -0.3 is 10.4 Å². The highest BCUT2D eigenvalue weighted by Gasteiger charge is 2.28. The zero-order valence-electron chi connectivity index (χ0n) is 12.3. The highest BCUT2D eigenvalue weighted by Crippen LogP contribution is 2.33. The average molecular weight is 312 g/mol. The van der Waals surface area contributed by atoms with Crippen molar-refractivity contribution >= 4 is 21.6 Å². The largest absolute Gasteiger partial charge is 0.391 e. The zero-order valence-corrected chi connectivity index (χ0v) is 13.1. The predicted octanol–water partition coefficient (Wildman–Crippen LogP) is 1.04. The van der Waals surface area contributed by atoms with Gasteiger partial charge in [0.15, 0.2) is 0 Å².